The molecule has 1 aromatic heterocycles. The van der Waals surface area contributed by atoms with E-state index in [0.717, 1.165) is 25.9 Å². The molecule has 1 unspecified atom stereocenters. The Morgan fingerprint density at radius 1 is 1.35 bits per heavy atom. The van der Waals surface area contributed by atoms with Gasteiger partial charge in [0, 0.05) is 37.6 Å². The molecule has 1 atom stereocenters. The van der Waals surface area contributed by atoms with Crippen molar-refractivity contribution >= 4 is 17.5 Å². The van der Waals surface area contributed by atoms with Crippen molar-refractivity contribution in [3.8, 4) is 0 Å². The monoisotopic (exact) mass is 276 g/mol. The Labute approximate surface area is 118 Å². The number of carbonyl (C=O) groups excluding carboxylic acids is 2. The van der Waals surface area contributed by atoms with Crippen LogP contribution in [0.25, 0.3) is 0 Å². The maximum Gasteiger partial charge on any atom is 0.226 e. The Bertz CT molecular complexity index is 444. The largest absolute Gasteiger partial charge is 0.355 e. The van der Waals surface area contributed by atoms with Gasteiger partial charge in [0.1, 0.15) is 0 Å². The van der Waals surface area contributed by atoms with Gasteiger partial charge in [0.05, 0.1) is 5.92 Å². The summed E-state index contributed by atoms with van der Waals surface area (Å²) in [5.74, 6) is -0.0424. The van der Waals surface area contributed by atoms with Crippen LogP contribution in [0.3, 0.4) is 0 Å². The van der Waals surface area contributed by atoms with Gasteiger partial charge in [-0.25, -0.2) is 0 Å². The van der Waals surface area contributed by atoms with Crippen molar-refractivity contribution < 1.29 is 9.59 Å². The van der Waals surface area contributed by atoms with E-state index in [1.165, 1.54) is 0 Å². The number of aromatic nitrogens is 1. The number of rotatable bonds is 5. The van der Waals surface area contributed by atoms with E-state index in [1.54, 1.807) is 24.5 Å². The summed E-state index contributed by atoms with van der Waals surface area (Å²) in [4.78, 5) is 27.4. The van der Waals surface area contributed by atoms with Gasteiger partial charge >= 0.3 is 0 Å². The summed E-state index contributed by atoms with van der Waals surface area (Å²) in [6.07, 6.45) is 5.46. The van der Waals surface area contributed by atoms with Crippen molar-refractivity contribution in [1.82, 2.24) is 15.6 Å². The fourth-order valence-electron chi connectivity index (χ4n) is 2.18. The number of carbonyl (C=O) groups is 2. The Kier molecular flexibility index (Phi) is 5.49. The van der Waals surface area contributed by atoms with E-state index in [2.05, 4.69) is 20.9 Å². The average Bonchev–Trinajstić information content (AvgIpc) is 2.49. The van der Waals surface area contributed by atoms with E-state index in [-0.39, 0.29) is 24.2 Å². The lowest BCUT2D eigenvalue weighted by Gasteiger charge is -2.21. The van der Waals surface area contributed by atoms with Gasteiger partial charge in [-0.1, -0.05) is 0 Å². The first-order chi connectivity index (χ1) is 9.75. The standard InChI is InChI=1S/C14H20N4O2/c19-13(18-12-3-7-15-8-4-12)5-9-17-14(20)11-2-1-6-16-10-11/h3-4,7-8,11,16H,1-2,5-6,9-10H2,(H,17,20)(H,15,18,19). The van der Waals surface area contributed by atoms with Crippen LogP contribution < -0.4 is 16.0 Å². The van der Waals surface area contributed by atoms with Crippen LogP contribution in [0.4, 0.5) is 5.69 Å². The lowest BCUT2D eigenvalue weighted by molar-refractivity contribution is -0.125. The highest BCUT2D eigenvalue weighted by molar-refractivity contribution is 5.91. The molecule has 2 rings (SSSR count). The van der Waals surface area contributed by atoms with Crippen LogP contribution in [0.1, 0.15) is 19.3 Å². The van der Waals surface area contributed by atoms with Gasteiger partial charge in [-0.2, -0.15) is 0 Å². The van der Waals surface area contributed by atoms with Gasteiger partial charge < -0.3 is 16.0 Å². The minimum Gasteiger partial charge on any atom is -0.355 e. The molecule has 1 aromatic rings. The Balaban J connectivity index is 1.65. The van der Waals surface area contributed by atoms with Crippen LogP contribution >= 0.6 is 0 Å². The van der Waals surface area contributed by atoms with Crippen molar-refractivity contribution in [2.24, 2.45) is 5.92 Å². The SMILES string of the molecule is O=C(CCNC(=O)C1CCCNC1)Nc1ccncc1. The molecule has 20 heavy (non-hydrogen) atoms. The van der Waals surface area contributed by atoms with Gasteiger partial charge in [0.2, 0.25) is 11.8 Å². The fourth-order valence-corrected chi connectivity index (χ4v) is 2.18. The van der Waals surface area contributed by atoms with Crippen LogP contribution in [0.5, 0.6) is 0 Å². The minimum absolute atomic E-state index is 0.0343. The Morgan fingerprint density at radius 3 is 2.85 bits per heavy atom. The van der Waals surface area contributed by atoms with Crippen LogP contribution in [0, 0.1) is 5.92 Å². The topological polar surface area (TPSA) is 83.1 Å². The molecule has 1 aliphatic rings. The number of hydrogen-bond donors (Lipinski definition) is 3. The number of amides is 2. The molecule has 1 fully saturated rings. The predicted molar refractivity (Wildman–Crippen MR) is 76.1 cm³/mol. The highest BCUT2D eigenvalue weighted by Gasteiger charge is 2.20. The second-order valence-electron chi connectivity index (χ2n) is 4.87. The third-order valence-corrected chi connectivity index (χ3v) is 3.28. The molecule has 0 saturated carbocycles. The molecule has 0 aromatic carbocycles. The quantitative estimate of drug-likeness (QED) is 0.732. The molecule has 1 aliphatic heterocycles. The summed E-state index contributed by atoms with van der Waals surface area (Å²) in [6.45, 7) is 2.08. The molecule has 2 amide bonds. The van der Waals surface area contributed by atoms with Gasteiger partial charge in [-0.05, 0) is 31.5 Å². The molecule has 3 N–H and O–H groups in total. The molecular formula is C14H20N4O2. The van der Waals surface area contributed by atoms with Gasteiger partial charge in [0.15, 0.2) is 0 Å². The van der Waals surface area contributed by atoms with Crippen LogP contribution in [0.15, 0.2) is 24.5 Å². The minimum atomic E-state index is -0.113. The van der Waals surface area contributed by atoms with E-state index in [4.69, 9.17) is 0 Å². The summed E-state index contributed by atoms with van der Waals surface area (Å²) < 4.78 is 0. The number of piperidine rings is 1. The fraction of sp³-hybridized carbons (Fsp3) is 0.500. The first-order valence-electron chi connectivity index (χ1n) is 6.94. The lowest BCUT2D eigenvalue weighted by Crippen LogP contribution is -2.41. The highest BCUT2D eigenvalue weighted by Crippen LogP contribution is 2.09. The Hall–Kier alpha value is -1.95. The number of pyridine rings is 1. The molecule has 0 spiro atoms. The number of hydrogen-bond acceptors (Lipinski definition) is 4. The van der Waals surface area contributed by atoms with Gasteiger partial charge in [-0.15, -0.1) is 0 Å². The summed E-state index contributed by atoms with van der Waals surface area (Å²) in [7, 11) is 0. The van der Waals surface area contributed by atoms with E-state index in [9.17, 15) is 9.59 Å². The smallest absolute Gasteiger partial charge is 0.226 e. The summed E-state index contributed by atoms with van der Waals surface area (Å²) in [5, 5.41) is 8.77. The zero-order valence-corrected chi connectivity index (χ0v) is 11.4. The average molecular weight is 276 g/mol. The van der Waals surface area contributed by atoms with E-state index < -0.39 is 0 Å². The highest BCUT2D eigenvalue weighted by atomic mass is 16.2. The molecule has 108 valence electrons. The second kappa shape index (κ2) is 7.59. The molecule has 0 bridgehead atoms. The van der Waals surface area contributed by atoms with E-state index >= 15 is 0 Å². The van der Waals surface area contributed by atoms with Crippen molar-refractivity contribution in [3.05, 3.63) is 24.5 Å². The zero-order chi connectivity index (χ0) is 14.2. The molecular weight excluding hydrogens is 256 g/mol. The molecule has 6 nitrogen and oxygen atoms in total. The summed E-state index contributed by atoms with van der Waals surface area (Å²) in [5.41, 5.74) is 0.716. The second-order valence-corrected chi connectivity index (χ2v) is 4.87. The van der Waals surface area contributed by atoms with Crippen molar-refractivity contribution in [2.75, 3.05) is 25.0 Å². The van der Waals surface area contributed by atoms with Gasteiger partial charge in [0.25, 0.3) is 0 Å². The van der Waals surface area contributed by atoms with Crippen molar-refractivity contribution in [2.45, 2.75) is 19.3 Å². The zero-order valence-electron chi connectivity index (χ0n) is 11.4. The van der Waals surface area contributed by atoms with E-state index in [0.29, 0.717) is 12.2 Å². The Morgan fingerprint density at radius 2 is 2.15 bits per heavy atom. The van der Waals surface area contributed by atoms with Crippen LogP contribution in [0.2, 0.25) is 0 Å². The normalized spacial score (nSPS) is 18.3. The molecule has 1 saturated heterocycles. The molecule has 6 heteroatoms. The van der Waals surface area contributed by atoms with Crippen LogP contribution in [-0.2, 0) is 9.59 Å². The van der Waals surface area contributed by atoms with Gasteiger partial charge in [-0.3, -0.25) is 14.6 Å². The third-order valence-electron chi connectivity index (χ3n) is 3.28. The van der Waals surface area contributed by atoms with Crippen LogP contribution in [-0.4, -0.2) is 36.4 Å². The maximum atomic E-state index is 11.8. The van der Waals surface area contributed by atoms with E-state index in [1.807, 2.05) is 0 Å². The molecule has 0 radical (unpaired) electrons. The van der Waals surface area contributed by atoms with Crippen molar-refractivity contribution in [3.63, 3.8) is 0 Å². The number of nitrogens with one attached hydrogen (secondary N) is 3. The predicted octanol–water partition coefficient (Wildman–Crippen LogP) is 0.526. The first-order valence-corrected chi connectivity index (χ1v) is 6.94. The summed E-state index contributed by atoms with van der Waals surface area (Å²) in [6, 6.07) is 3.45. The number of anilines is 1. The molecule has 2 heterocycles. The summed E-state index contributed by atoms with van der Waals surface area (Å²) >= 11 is 0. The first kappa shape index (κ1) is 14.5. The third kappa shape index (κ3) is 4.62. The lowest BCUT2D eigenvalue weighted by atomic mass is 9.99. The molecule has 0 aliphatic carbocycles. The maximum absolute atomic E-state index is 11.8. The number of nitrogens with zero attached hydrogens (tertiary/aromatic N) is 1. The van der Waals surface area contributed by atoms with Crippen molar-refractivity contribution in [1.29, 1.82) is 0 Å².